The van der Waals surface area contributed by atoms with E-state index >= 15 is 0 Å². The molecular formula is C22H19N3O. The molecule has 2 aromatic carbocycles. The first kappa shape index (κ1) is 16.2. The number of nitrogens with zero attached hydrogens (tertiary/aromatic N) is 2. The number of aromatic nitrogens is 2. The van der Waals surface area contributed by atoms with Crippen molar-refractivity contribution in [3.05, 3.63) is 77.6 Å². The average molecular weight is 341 g/mol. The standard InChI is InChI=1S/C22H19N3O/c1-14-18-8-4-6-10-21(18)24-15(2)19(14)12-22(26)25-17-11-16-7-3-5-9-20(16)23-13-17/h3-11,13H,12H2,1-2H3,(H,25,26). The topological polar surface area (TPSA) is 54.9 Å². The van der Waals surface area contributed by atoms with Crippen molar-refractivity contribution in [1.29, 1.82) is 0 Å². The van der Waals surface area contributed by atoms with E-state index in [4.69, 9.17) is 0 Å². The summed E-state index contributed by atoms with van der Waals surface area (Å²) in [5, 5.41) is 5.05. The van der Waals surface area contributed by atoms with E-state index in [9.17, 15) is 4.79 Å². The minimum atomic E-state index is -0.0645. The van der Waals surface area contributed by atoms with Crippen LogP contribution in [0.2, 0.25) is 0 Å². The van der Waals surface area contributed by atoms with Crippen LogP contribution < -0.4 is 5.32 Å². The highest BCUT2D eigenvalue weighted by atomic mass is 16.1. The third kappa shape index (κ3) is 3.02. The highest BCUT2D eigenvalue weighted by molar-refractivity contribution is 5.95. The number of benzene rings is 2. The second-order valence-electron chi connectivity index (χ2n) is 6.46. The number of anilines is 1. The van der Waals surface area contributed by atoms with Crippen molar-refractivity contribution in [2.75, 3.05) is 5.32 Å². The molecule has 0 aliphatic carbocycles. The highest BCUT2D eigenvalue weighted by Crippen LogP contribution is 2.23. The summed E-state index contributed by atoms with van der Waals surface area (Å²) in [7, 11) is 0. The largest absolute Gasteiger partial charge is 0.324 e. The third-order valence-electron chi connectivity index (χ3n) is 4.70. The molecule has 1 N–H and O–H groups in total. The van der Waals surface area contributed by atoms with Gasteiger partial charge in [-0.15, -0.1) is 0 Å². The molecule has 0 aliphatic heterocycles. The lowest BCUT2D eigenvalue weighted by molar-refractivity contribution is -0.115. The predicted molar refractivity (Wildman–Crippen MR) is 105 cm³/mol. The first-order chi connectivity index (χ1) is 12.6. The molecule has 0 radical (unpaired) electrons. The predicted octanol–water partition coefficient (Wildman–Crippen LogP) is 4.58. The number of rotatable bonds is 3. The van der Waals surface area contributed by atoms with Crippen molar-refractivity contribution in [3.8, 4) is 0 Å². The molecule has 4 aromatic rings. The van der Waals surface area contributed by atoms with Gasteiger partial charge in [0.25, 0.3) is 0 Å². The second-order valence-corrected chi connectivity index (χ2v) is 6.46. The van der Waals surface area contributed by atoms with Crippen molar-refractivity contribution in [3.63, 3.8) is 0 Å². The minimum Gasteiger partial charge on any atom is -0.324 e. The average Bonchev–Trinajstić information content (AvgIpc) is 2.65. The SMILES string of the molecule is Cc1nc2ccccc2c(C)c1CC(=O)Nc1cnc2ccccc2c1. The molecule has 2 aromatic heterocycles. The Labute approximate surface area is 151 Å². The number of pyridine rings is 2. The van der Waals surface area contributed by atoms with Gasteiger partial charge in [-0.2, -0.15) is 0 Å². The smallest absolute Gasteiger partial charge is 0.228 e. The van der Waals surface area contributed by atoms with Gasteiger partial charge >= 0.3 is 0 Å². The quantitative estimate of drug-likeness (QED) is 0.593. The van der Waals surface area contributed by atoms with Gasteiger partial charge in [0.1, 0.15) is 0 Å². The second kappa shape index (κ2) is 6.56. The molecule has 0 fully saturated rings. The Hall–Kier alpha value is -3.27. The van der Waals surface area contributed by atoms with Gasteiger partial charge in [-0.05, 0) is 43.2 Å². The summed E-state index contributed by atoms with van der Waals surface area (Å²) in [4.78, 5) is 21.6. The number of nitrogens with one attached hydrogen (secondary N) is 1. The van der Waals surface area contributed by atoms with Crippen LogP contribution in [-0.2, 0) is 11.2 Å². The van der Waals surface area contributed by atoms with Crippen molar-refractivity contribution in [2.45, 2.75) is 20.3 Å². The lowest BCUT2D eigenvalue weighted by Gasteiger charge is -2.13. The maximum absolute atomic E-state index is 12.6. The molecule has 0 atom stereocenters. The Morgan fingerprint density at radius 3 is 2.58 bits per heavy atom. The molecule has 4 heteroatoms. The number of aryl methyl sites for hydroxylation is 2. The Kier molecular flexibility index (Phi) is 4.09. The number of amides is 1. The van der Waals surface area contributed by atoms with Crippen molar-refractivity contribution in [2.24, 2.45) is 0 Å². The molecule has 0 saturated heterocycles. The van der Waals surface area contributed by atoms with Gasteiger partial charge in [-0.3, -0.25) is 14.8 Å². The van der Waals surface area contributed by atoms with Gasteiger partial charge < -0.3 is 5.32 Å². The van der Waals surface area contributed by atoms with E-state index in [-0.39, 0.29) is 5.91 Å². The van der Waals surface area contributed by atoms with Gasteiger partial charge in [0.2, 0.25) is 5.91 Å². The number of para-hydroxylation sites is 2. The first-order valence-electron chi connectivity index (χ1n) is 8.61. The van der Waals surface area contributed by atoms with E-state index in [2.05, 4.69) is 22.2 Å². The van der Waals surface area contributed by atoms with Gasteiger partial charge in [0.05, 0.1) is 29.3 Å². The molecule has 0 aliphatic rings. The fourth-order valence-corrected chi connectivity index (χ4v) is 3.34. The molecule has 2 heterocycles. The molecule has 1 amide bonds. The summed E-state index contributed by atoms with van der Waals surface area (Å²) >= 11 is 0. The zero-order valence-corrected chi connectivity index (χ0v) is 14.8. The van der Waals surface area contributed by atoms with Crippen LogP contribution in [0.5, 0.6) is 0 Å². The van der Waals surface area contributed by atoms with E-state index in [0.717, 1.165) is 38.6 Å². The first-order valence-corrected chi connectivity index (χ1v) is 8.61. The van der Waals surface area contributed by atoms with Gasteiger partial charge in [-0.1, -0.05) is 36.4 Å². The van der Waals surface area contributed by atoms with E-state index in [1.807, 2.05) is 61.5 Å². The van der Waals surface area contributed by atoms with E-state index in [0.29, 0.717) is 12.1 Å². The van der Waals surface area contributed by atoms with Crippen LogP contribution >= 0.6 is 0 Å². The van der Waals surface area contributed by atoms with Gasteiger partial charge in [0.15, 0.2) is 0 Å². The van der Waals surface area contributed by atoms with Crippen LogP contribution in [0.4, 0.5) is 5.69 Å². The van der Waals surface area contributed by atoms with E-state index < -0.39 is 0 Å². The van der Waals surface area contributed by atoms with Crippen molar-refractivity contribution >= 4 is 33.4 Å². The third-order valence-corrected chi connectivity index (χ3v) is 4.70. The van der Waals surface area contributed by atoms with Crippen molar-refractivity contribution in [1.82, 2.24) is 9.97 Å². The number of carbonyl (C=O) groups excluding carboxylic acids is 1. The molecular weight excluding hydrogens is 322 g/mol. The summed E-state index contributed by atoms with van der Waals surface area (Å²) in [6.45, 7) is 4.01. The lowest BCUT2D eigenvalue weighted by atomic mass is 9.99. The highest BCUT2D eigenvalue weighted by Gasteiger charge is 2.13. The normalized spacial score (nSPS) is 11.0. The molecule has 0 bridgehead atoms. The van der Waals surface area contributed by atoms with Crippen LogP contribution in [0, 0.1) is 13.8 Å². The summed E-state index contributed by atoms with van der Waals surface area (Å²) in [5.41, 5.74) is 5.57. The molecule has 128 valence electrons. The molecule has 0 spiro atoms. The van der Waals surface area contributed by atoms with Crippen LogP contribution in [0.1, 0.15) is 16.8 Å². The number of hydrogen-bond acceptors (Lipinski definition) is 3. The lowest BCUT2D eigenvalue weighted by Crippen LogP contribution is -2.16. The van der Waals surface area contributed by atoms with Crippen LogP contribution in [0.25, 0.3) is 21.8 Å². The Morgan fingerprint density at radius 1 is 1.00 bits per heavy atom. The zero-order chi connectivity index (χ0) is 18.1. The Balaban J connectivity index is 1.60. The summed E-state index contributed by atoms with van der Waals surface area (Å²) < 4.78 is 0. The summed E-state index contributed by atoms with van der Waals surface area (Å²) in [5.74, 6) is -0.0645. The Morgan fingerprint density at radius 2 is 1.73 bits per heavy atom. The fourth-order valence-electron chi connectivity index (χ4n) is 3.34. The van der Waals surface area contributed by atoms with Crippen molar-refractivity contribution < 1.29 is 4.79 Å². The number of hydrogen-bond donors (Lipinski definition) is 1. The van der Waals surface area contributed by atoms with E-state index in [1.54, 1.807) is 6.20 Å². The summed E-state index contributed by atoms with van der Waals surface area (Å²) in [6, 6.07) is 17.8. The van der Waals surface area contributed by atoms with Crippen LogP contribution in [0.3, 0.4) is 0 Å². The molecule has 4 nitrogen and oxygen atoms in total. The van der Waals surface area contributed by atoms with Gasteiger partial charge in [0, 0.05) is 16.5 Å². The zero-order valence-electron chi connectivity index (χ0n) is 14.8. The number of carbonyl (C=O) groups is 1. The van der Waals surface area contributed by atoms with E-state index in [1.165, 1.54) is 0 Å². The molecule has 0 unspecified atom stereocenters. The Bertz CT molecular complexity index is 1130. The monoisotopic (exact) mass is 341 g/mol. The van der Waals surface area contributed by atoms with Crippen LogP contribution in [0.15, 0.2) is 60.8 Å². The number of fused-ring (bicyclic) bond motifs is 2. The maximum atomic E-state index is 12.6. The maximum Gasteiger partial charge on any atom is 0.228 e. The minimum absolute atomic E-state index is 0.0645. The molecule has 0 saturated carbocycles. The molecule has 26 heavy (non-hydrogen) atoms. The van der Waals surface area contributed by atoms with Crippen LogP contribution in [-0.4, -0.2) is 15.9 Å². The molecule has 4 rings (SSSR count). The fraction of sp³-hybridized carbons (Fsp3) is 0.136. The van der Waals surface area contributed by atoms with Gasteiger partial charge in [-0.25, -0.2) is 0 Å². The summed E-state index contributed by atoms with van der Waals surface area (Å²) in [6.07, 6.45) is 1.99.